The van der Waals surface area contributed by atoms with Crippen LogP contribution < -0.4 is 10.6 Å². The number of amides is 2. The summed E-state index contributed by atoms with van der Waals surface area (Å²) >= 11 is 0. The zero-order chi connectivity index (χ0) is 19.2. The van der Waals surface area contributed by atoms with E-state index in [1.807, 2.05) is 4.90 Å². The molecule has 2 saturated heterocycles. The predicted octanol–water partition coefficient (Wildman–Crippen LogP) is 2.76. The summed E-state index contributed by atoms with van der Waals surface area (Å²) in [5.41, 5.74) is 3.79. The maximum atomic E-state index is 12.7. The van der Waals surface area contributed by atoms with Gasteiger partial charge in [0.15, 0.2) is 0 Å². The molecule has 2 amide bonds. The van der Waals surface area contributed by atoms with Gasteiger partial charge in [-0.25, -0.2) is 0 Å². The lowest BCUT2D eigenvalue weighted by Gasteiger charge is -2.33. The van der Waals surface area contributed by atoms with Crippen molar-refractivity contribution in [3.8, 4) is 0 Å². The first-order chi connectivity index (χ1) is 13.0. The molecule has 1 aromatic carbocycles. The van der Waals surface area contributed by atoms with Crippen molar-refractivity contribution >= 4 is 24.2 Å². The van der Waals surface area contributed by atoms with Crippen molar-refractivity contribution in [2.75, 3.05) is 26.2 Å². The molecule has 0 radical (unpaired) electrons. The Balaban J connectivity index is 0.00000280. The molecule has 0 aliphatic carbocycles. The van der Waals surface area contributed by atoms with E-state index in [1.54, 1.807) is 0 Å². The topological polar surface area (TPSA) is 61.4 Å². The van der Waals surface area contributed by atoms with Gasteiger partial charge in [0.05, 0.1) is 6.04 Å². The lowest BCUT2D eigenvalue weighted by Crippen LogP contribution is -2.46. The second-order valence-electron chi connectivity index (χ2n) is 8.17. The minimum Gasteiger partial charge on any atom is -0.354 e. The van der Waals surface area contributed by atoms with Gasteiger partial charge in [0.2, 0.25) is 11.8 Å². The van der Waals surface area contributed by atoms with Crippen LogP contribution in [-0.2, 0) is 16.0 Å². The Kier molecular flexibility index (Phi) is 8.77. The number of benzene rings is 1. The summed E-state index contributed by atoms with van der Waals surface area (Å²) in [7, 11) is 0. The number of hydrogen-bond acceptors (Lipinski definition) is 3. The van der Waals surface area contributed by atoms with Crippen molar-refractivity contribution in [3.63, 3.8) is 0 Å². The van der Waals surface area contributed by atoms with E-state index in [0.29, 0.717) is 18.9 Å². The van der Waals surface area contributed by atoms with Crippen molar-refractivity contribution in [1.29, 1.82) is 0 Å². The van der Waals surface area contributed by atoms with Crippen LogP contribution in [-0.4, -0.2) is 48.9 Å². The van der Waals surface area contributed by atoms with Gasteiger partial charge in [-0.2, -0.15) is 0 Å². The molecule has 28 heavy (non-hydrogen) atoms. The Morgan fingerprint density at radius 3 is 2.75 bits per heavy atom. The molecule has 0 spiro atoms. The Bertz CT molecular complexity index is 674. The molecule has 2 aliphatic heterocycles. The van der Waals surface area contributed by atoms with Crippen molar-refractivity contribution in [2.45, 2.75) is 58.4 Å². The zero-order valence-electron chi connectivity index (χ0n) is 17.1. The van der Waals surface area contributed by atoms with E-state index in [0.717, 1.165) is 51.7 Å². The highest BCUT2D eigenvalue weighted by Crippen LogP contribution is 2.19. The number of halogens is 1. The van der Waals surface area contributed by atoms with E-state index < -0.39 is 0 Å². The first-order valence-electron chi connectivity index (χ1n) is 10.4. The first-order valence-corrected chi connectivity index (χ1v) is 10.4. The Labute approximate surface area is 175 Å². The number of carbonyl (C=O) groups is 2. The number of nitrogens with zero attached hydrogens (tertiary/aromatic N) is 1. The minimum absolute atomic E-state index is 0. The number of rotatable bonds is 6. The van der Waals surface area contributed by atoms with Crippen LogP contribution in [0.25, 0.3) is 0 Å². The largest absolute Gasteiger partial charge is 0.354 e. The van der Waals surface area contributed by atoms with Crippen LogP contribution in [0, 0.1) is 19.8 Å². The molecule has 2 fully saturated rings. The second kappa shape index (κ2) is 10.8. The fourth-order valence-electron chi connectivity index (χ4n) is 4.26. The third-order valence-electron chi connectivity index (χ3n) is 5.92. The zero-order valence-corrected chi connectivity index (χ0v) is 17.9. The Hall–Kier alpha value is -1.59. The molecular weight excluding hydrogens is 374 g/mol. The summed E-state index contributed by atoms with van der Waals surface area (Å²) in [6, 6.07) is 6.41. The SMILES string of the molecule is Cc1ccc(CCC(=O)N2CCCC(CNC(=O)C3CCCN3)C2)c(C)c1.Cl. The van der Waals surface area contributed by atoms with Crippen LogP contribution in [0.4, 0.5) is 0 Å². The van der Waals surface area contributed by atoms with Crippen LogP contribution in [0.2, 0.25) is 0 Å². The maximum absolute atomic E-state index is 12.7. The quantitative estimate of drug-likeness (QED) is 0.762. The van der Waals surface area contributed by atoms with Gasteiger partial charge in [-0.3, -0.25) is 9.59 Å². The average Bonchev–Trinajstić information content (AvgIpc) is 3.20. The molecular formula is C22H34ClN3O2. The second-order valence-corrected chi connectivity index (χ2v) is 8.17. The number of piperidine rings is 1. The molecule has 0 bridgehead atoms. The third kappa shape index (κ3) is 6.21. The first kappa shape index (κ1) is 22.7. The summed E-state index contributed by atoms with van der Waals surface area (Å²) < 4.78 is 0. The van der Waals surface area contributed by atoms with E-state index in [1.165, 1.54) is 16.7 Å². The molecule has 2 unspecified atom stereocenters. The highest BCUT2D eigenvalue weighted by molar-refractivity contribution is 5.85. The maximum Gasteiger partial charge on any atom is 0.237 e. The lowest BCUT2D eigenvalue weighted by molar-refractivity contribution is -0.132. The molecule has 2 aliphatic rings. The number of hydrogen-bond donors (Lipinski definition) is 2. The van der Waals surface area contributed by atoms with Gasteiger partial charge in [-0.1, -0.05) is 23.8 Å². The molecule has 6 heteroatoms. The number of carbonyl (C=O) groups excluding carboxylic acids is 2. The van der Waals surface area contributed by atoms with Gasteiger partial charge in [0, 0.05) is 26.1 Å². The average molecular weight is 408 g/mol. The lowest BCUT2D eigenvalue weighted by atomic mass is 9.96. The molecule has 2 N–H and O–H groups in total. The van der Waals surface area contributed by atoms with Crippen LogP contribution >= 0.6 is 12.4 Å². The summed E-state index contributed by atoms with van der Waals surface area (Å²) in [4.78, 5) is 26.8. The number of nitrogens with one attached hydrogen (secondary N) is 2. The molecule has 1 aromatic rings. The molecule has 0 saturated carbocycles. The van der Waals surface area contributed by atoms with Crippen molar-refractivity contribution in [3.05, 3.63) is 34.9 Å². The van der Waals surface area contributed by atoms with E-state index >= 15 is 0 Å². The summed E-state index contributed by atoms with van der Waals surface area (Å²) in [6.45, 7) is 7.44. The predicted molar refractivity (Wildman–Crippen MR) is 115 cm³/mol. The van der Waals surface area contributed by atoms with Crippen molar-refractivity contribution in [2.24, 2.45) is 5.92 Å². The van der Waals surface area contributed by atoms with Gasteiger partial charge in [-0.05, 0) is 69.5 Å². The highest BCUT2D eigenvalue weighted by atomic mass is 35.5. The summed E-state index contributed by atoms with van der Waals surface area (Å²) in [5.74, 6) is 0.725. The third-order valence-corrected chi connectivity index (χ3v) is 5.92. The molecule has 0 aromatic heterocycles. The highest BCUT2D eigenvalue weighted by Gasteiger charge is 2.26. The fourth-order valence-corrected chi connectivity index (χ4v) is 4.26. The van der Waals surface area contributed by atoms with Crippen molar-refractivity contribution in [1.82, 2.24) is 15.5 Å². The normalized spacial score (nSPS) is 21.9. The standard InChI is InChI=1S/C22H33N3O2.ClH/c1-16-7-8-19(17(2)13-16)9-10-21(26)25-12-4-5-18(15-25)14-24-22(27)20-6-3-11-23-20;/h7-8,13,18,20,23H,3-6,9-12,14-15H2,1-2H3,(H,24,27);1H. The van der Waals surface area contributed by atoms with Crippen LogP contribution in [0.5, 0.6) is 0 Å². The van der Waals surface area contributed by atoms with Gasteiger partial charge in [0.1, 0.15) is 0 Å². The number of likely N-dealkylation sites (tertiary alicyclic amines) is 1. The minimum atomic E-state index is -0.0240. The Morgan fingerprint density at radius 1 is 1.21 bits per heavy atom. The van der Waals surface area contributed by atoms with Crippen LogP contribution in [0.3, 0.4) is 0 Å². The van der Waals surface area contributed by atoms with Crippen LogP contribution in [0.15, 0.2) is 18.2 Å². The van der Waals surface area contributed by atoms with Gasteiger partial charge >= 0.3 is 0 Å². The molecule has 2 heterocycles. The van der Waals surface area contributed by atoms with Crippen molar-refractivity contribution < 1.29 is 9.59 Å². The summed E-state index contributed by atoms with van der Waals surface area (Å²) in [6.07, 6.45) is 5.48. The molecule has 2 atom stereocenters. The molecule has 5 nitrogen and oxygen atoms in total. The monoisotopic (exact) mass is 407 g/mol. The van der Waals surface area contributed by atoms with E-state index in [-0.39, 0.29) is 30.3 Å². The van der Waals surface area contributed by atoms with E-state index in [9.17, 15) is 9.59 Å². The molecule has 3 rings (SSSR count). The summed E-state index contributed by atoms with van der Waals surface area (Å²) in [5, 5.41) is 6.32. The van der Waals surface area contributed by atoms with Gasteiger partial charge < -0.3 is 15.5 Å². The van der Waals surface area contributed by atoms with E-state index in [2.05, 4.69) is 42.7 Å². The Morgan fingerprint density at radius 2 is 2.04 bits per heavy atom. The van der Waals surface area contributed by atoms with Gasteiger partial charge in [-0.15, -0.1) is 12.4 Å². The smallest absolute Gasteiger partial charge is 0.237 e. The molecule has 156 valence electrons. The van der Waals surface area contributed by atoms with Crippen LogP contribution in [0.1, 0.15) is 48.8 Å². The number of aryl methyl sites for hydroxylation is 3. The van der Waals surface area contributed by atoms with Gasteiger partial charge in [0.25, 0.3) is 0 Å². The van der Waals surface area contributed by atoms with E-state index in [4.69, 9.17) is 0 Å². The fraction of sp³-hybridized carbons (Fsp3) is 0.636.